The summed E-state index contributed by atoms with van der Waals surface area (Å²) >= 11 is 5.99. The van der Waals surface area contributed by atoms with Crippen LogP contribution in [0.15, 0.2) is 12.1 Å². The number of hydrogen-bond acceptors (Lipinski definition) is 3. The van der Waals surface area contributed by atoms with E-state index in [0.29, 0.717) is 29.3 Å². The number of halogens is 1. The van der Waals surface area contributed by atoms with Gasteiger partial charge in [-0.05, 0) is 30.7 Å². The maximum absolute atomic E-state index is 11.8. The van der Waals surface area contributed by atoms with E-state index in [9.17, 15) is 4.79 Å². The van der Waals surface area contributed by atoms with Gasteiger partial charge in [0.05, 0.1) is 12.1 Å². The third-order valence-corrected chi connectivity index (χ3v) is 2.73. The van der Waals surface area contributed by atoms with Gasteiger partial charge < -0.3 is 10.5 Å². The fourth-order valence-electron chi connectivity index (χ4n) is 1.57. The Morgan fingerprint density at radius 1 is 1.50 bits per heavy atom. The highest BCUT2D eigenvalue weighted by Gasteiger charge is 2.13. The third-order valence-electron chi connectivity index (χ3n) is 2.43. The van der Waals surface area contributed by atoms with Gasteiger partial charge in [-0.2, -0.15) is 0 Å². The van der Waals surface area contributed by atoms with Crippen molar-refractivity contribution in [1.82, 2.24) is 0 Å². The van der Waals surface area contributed by atoms with Crippen molar-refractivity contribution >= 4 is 17.4 Å². The maximum atomic E-state index is 11.8. The predicted molar refractivity (Wildman–Crippen MR) is 65.4 cm³/mol. The van der Waals surface area contributed by atoms with Crippen LogP contribution in [0.5, 0.6) is 5.75 Å². The molecule has 1 aromatic rings. The smallest absolute Gasteiger partial charge is 0.164 e. The van der Waals surface area contributed by atoms with Crippen LogP contribution in [-0.2, 0) is 6.42 Å². The predicted octanol–water partition coefficient (Wildman–Crippen LogP) is 2.44. The third kappa shape index (κ3) is 2.74. The molecule has 0 atom stereocenters. The molecule has 0 aliphatic heterocycles. The van der Waals surface area contributed by atoms with Crippen LogP contribution < -0.4 is 10.5 Å². The van der Waals surface area contributed by atoms with E-state index in [1.54, 1.807) is 13.2 Å². The van der Waals surface area contributed by atoms with Gasteiger partial charge in [0.1, 0.15) is 5.75 Å². The molecule has 0 heterocycles. The Balaban J connectivity index is 3.17. The number of aryl methyl sites for hydroxylation is 1. The molecule has 0 radical (unpaired) electrons. The SMILES string of the molecule is CCc1cc(OC)c(Cl)cc1C(=O)CCN. The number of rotatable bonds is 5. The highest BCUT2D eigenvalue weighted by molar-refractivity contribution is 6.32. The van der Waals surface area contributed by atoms with Gasteiger partial charge in [-0.3, -0.25) is 4.79 Å². The first kappa shape index (κ1) is 13.0. The van der Waals surface area contributed by atoms with E-state index in [0.717, 1.165) is 12.0 Å². The Hall–Kier alpha value is -1.06. The number of nitrogens with two attached hydrogens (primary N) is 1. The highest BCUT2D eigenvalue weighted by Crippen LogP contribution is 2.29. The number of ketones is 1. The number of ether oxygens (including phenoxy) is 1. The molecule has 0 aromatic heterocycles. The molecular formula is C12H16ClNO2. The summed E-state index contributed by atoms with van der Waals surface area (Å²) in [5, 5.41) is 0.458. The van der Waals surface area contributed by atoms with Crippen LogP contribution in [0, 0.1) is 0 Å². The standard InChI is InChI=1S/C12H16ClNO2/c1-3-8-6-12(16-2)10(13)7-9(8)11(15)4-5-14/h6-7H,3-5,14H2,1-2H3. The number of Topliss-reactive ketones (excluding diaryl/α,β-unsaturated/α-hetero) is 1. The molecule has 1 rings (SSSR count). The molecule has 0 spiro atoms. The van der Waals surface area contributed by atoms with E-state index < -0.39 is 0 Å². The summed E-state index contributed by atoms with van der Waals surface area (Å²) in [5.74, 6) is 0.631. The van der Waals surface area contributed by atoms with Crippen molar-refractivity contribution in [2.75, 3.05) is 13.7 Å². The average molecular weight is 242 g/mol. The van der Waals surface area contributed by atoms with Crippen LogP contribution in [-0.4, -0.2) is 19.4 Å². The summed E-state index contributed by atoms with van der Waals surface area (Å²) in [6, 6.07) is 3.48. The number of hydrogen-bond donors (Lipinski definition) is 1. The lowest BCUT2D eigenvalue weighted by Crippen LogP contribution is -2.10. The zero-order valence-electron chi connectivity index (χ0n) is 9.55. The minimum absolute atomic E-state index is 0.0314. The minimum Gasteiger partial charge on any atom is -0.495 e. The van der Waals surface area contributed by atoms with Gasteiger partial charge in [-0.25, -0.2) is 0 Å². The molecule has 0 aliphatic rings. The Morgan fingerprint density at radius 3 is 2.69 bits per heavy atom. The normalized spacial score (nSPS) is 10.2. The van der Waals surface area contributed by atoms with E-state index in [2.05, 4.69) is 0 Å². The first-order valence-electron chi connectivity index (χ1n) is 5.23. The Morgan fingerprint density at radius 2 is 2.19 bits per heavy atom. The van der Waals surface area contributed by atoms with Gasteiger partial charge >= 0.3 is 0 Å². The lowest BCUT2D eigenvalue weighted by Gasteiger charge is -2.10. The second-order valence-corrected chi connectivity index (χ2v) is 3.87. The van der Waals surface area contributed by atoms with E-state index in [4.69, 9.17) is 22.1 Å². The molecule has 0 bridgehead atoms. The number of carbonyl (C=O) groups excluding carboxylic acids is 1. The fourth-order valence-corrected chi connectivity index (χ4v) is 1.81. The van der Waals surface area contributed by atoms with E-state index in [1.807, 2.05) is 13.0 Å². The Kier molecular flexibility index (Phi) is 4.77. The molecule has 3 nitrogen and oxygen atoms in total. The Bertz CT molecular complexity index is 391. The Labute approximate surface area is 101 Å². The van der Waals surface area contributed by atoms with Gasteiger partial charge in [0.2, 0.25) is 0 Å². The minimum atomic E-state index is 0.0314. The lowest BCUT2D eigenvalue weighted by atomic mass is 9.99. The molecule has 0 fully saturated rings. The summed E-state index contributed by atoms with van der Waals surface area (Å²) in [6.45, 7) is 2.34. The second kappa shape index (κ2) is 5.87. The van der Waals surface area contributed by atoms with Crippen LogP contribution in [0.25, 0.3) is 0 Å². The second-order valence-electron chi connectivity index (χ2n) is 3.46. The first-order chi connectivity index (χ1) is 7.63. The van der Waals surface area contributed by atoms with Crippen molar-refractivity contribution in [3.63, 3.8) is 0 Å². The zero-order chi connectivity index (χ0) is 12.1. The van der Waals surface area contributed by atoms with Crippen molar-refractivity contribution in [3.8, 4) is 5.75 Å². The molecular weight excluding hydrogens is 226 g/mol. The molecule has 0 saturated heterocycles. The van der Waals surface area contributed by atoms with Crippen molar-refractivity contribution in [3.05, 3.63) is 28.3 Å². The molecule has 2 N–H and O–H groups in total. The van der Waals surface area contributed by atoms with Crippen LogP contribution in [0.4, 0.5) is 0 Å². The van der Waals surface area contributed by atoms with Crippen LogP contribution >= 0.6 is 11.6 Å². The zero-order valence-corrected chi connectivity index (χ0v) is 10.3. The van der Waals surface area contributed by atoms with E-state index in [1.165, 1.54) is 0 Å². The highest BCUT2D eigenvalue weighted by atomic mass is 35.5. The molecule has 0 aliphatic carbocycles. The van der Waals surface area contributed by atoms with Gasteiger partial charge in [-0.15, -0.1) is 0 Å². The average Bonchev–Trinajstić information content (AvgIpc) is 2.29. The number of carbonyl (C=O) groups is 1. The van der Waals surface area contributed by atoms with Gasteiger partial charge in [0, 0.05) is 12.0 Å². The van der Waals surface area contributed by atoms with Crippen LogP contribution in [0.2, 0.25) is 5.02 Å². The molecule has 0 amide bonds. The molecule has 88 valence electrons. The molecule has 0 saturated carbocycles. The van der Waals surface area contributed by atoms with Gasteiger partial charge in [-0.1, -0.05) is 18.5 Å². The maximum Gasteiger partial charge on any atom is 0.164 e. The topological polar surface area (TPSA) is 52.3 Å². The van der Waals surface area contributed by atoms with Gasteiger partial charge in [0.15, 0.2) is 5.78 Å². The first-order valence-corrected chi connectivity index (χ1v) is 5.61. The molecule has 4 heteroatoms. The summed E-state index contributed by atoms with van der Waals surface area (Å²) in [6.07, 6.45) is 1.11. The summed E-state index contributed by atoms with van der Waals surface area (Å²) in [7, 11) is 1.56. The summed E-state index contributed by atoms with van der Waals surface area (Å²) in [4.78, 5) is 11.8. The van der Waals surface area contributed by atoms with E-state index in [-0.39, 0.29) is 5.78 Å². The summed E-state index contributed by atoms with van der Waals surface area (Å²) < 4.78 is 5.11. The van der Waals surface area contributed by atoms with Crippen LogP contribution in [0.3, 0.4) is 0 Å². The monoisotopic (exact) mass is 241 g/mol. The van der Waals surface area contributed by atoms with Crippen molar-refractivity contribution in [2.45, 2.75) is 19.8 Å². The van der Waals surface area contributed by atoms with Crippen molar-refractivity contribution in [1.29, 1.82) is 0 Å². The van der Waals surface area contributed by atoms with E-state index >= 15 is 0 Å². The van der Waals surface area contributed by atoms with Crippen LogP contribution in [0.1, 0.15) is 29.3 Å². The lowest BCUT2D eigenvalue weighted by molar-refractivity contribution is 0.0984. The quantitative estimate of drug-likeness (QED) is 0.806. The van der Waals surface area contributed by atoms with Crippen molar-refractivity contribution in [2.24, 2.45) is 5.73 Å². The number of benzene rings is 1. The summed E-state index contributed by atoms with van der Waals surface area (Å²) in [5.41, 5.74) is 6.97. The molecule has 16 heavy (non-hydrogen) atoms. The van der Waals surface area contributed by atoms with Gasteiger partial charge in [0.25, 0.3) is 0 Å². The number of methoxy groups -OCH3 is 1. The molecule has 1 aromatic carbocycles. The van der Waals surface area contributed by atoms with Crippen molar-refractivity contribution < 1.29 is 9.53 Å². The largest absolute Gasteiger partial charge is 0.495 e. The fraction of sp³-hybridized carbons (Fsp3) is 0.417. The molecule has 0 unspecified atom stereocenters.